The molecule has 6 heteroatoms. The van der Waals surface area contributed by atoms with E-state index in [2.05, 4.69) is 15.9 Å². The van der Waals surface area contributed by atoms with Crippen molar-refractivity contribution >= 4 is 32.7 Å². The first-order chi connectivity index (χ1) is 9.88. The molecule has 21 heavy (non-hydrogen) atoms. The smallest absolute Gasteiger partial charge is 0.335 e. The number of benzene rings is 2. The van der Waals surface area contributed by atoms with Crippen LogP contribution in [0.3, 0.4) is 0 Å². The molecule has 0 fully saturated rings. The molecule has 0 saturated carbocycles. The number of aromatic carboxylic acids is 1. The molecule has 1 N–H and O–H groups in total. The van der Waals surface area contributed by atoms with Crippen LogP contribution in [0.1, 0.15) is 21.5 Å². The fourth-order valence-corrected chi connectivity index (χ4v) is 3.38. The number of rotatable bonds is 4. The van der Waals surface area contributed by atoms with Crippen molar-refractivity contribution in [1.29, 1.82) is 0 Å². The van der Waals surface area contributed by atoms with E-state index in [1.165, 1.54) is 12.1 Å². The van der Waals surface area contributed by atoms with Crippen molar-refractivity contribution in [3.8, 4) is 0 Å². The Morgan fingerprint density at radius 1 is 1.29 bits per heavy atom. The van der Waals surface area contributed by atoms with E-state index in [1.54, 1.807) is 31.2 Å². The molecule has 110 valence electrons. The van der Waals surface area contributed by atoms with Crippen LogP contribution in [0.5, 0.6) is 0 Å². The average molecular weight is 371 g/mol. The molecule has 0 aliphatic rings. The topological polar surface area (TPSA) is 54.4 Å². The fourth-order valence-electron chi connectivity index (χ4n) is 1.84. The summed E-state index contributed by atoms with van der Waals surface area (Å²) < 4.78 is 25.8. The Balaban J connectivity index is 2.26. The van der Waals surface area contributed by atoms with Gasteiger partial charge in [0.2, 0.25) is 0 Å². The molecule has 2 aromatic carbocycles. The molecule has 0 aliphatic carbocycles. The molecule has 0 radical (unpaired) electrons. The summed E-state index contributed by atoms with van der Waals surface area (Å²) in [6, 6.07) is 9.14. The van der Waals surface area contributed by atoms with Crippen LogP contribution in [-0.2, 0) is 16.6 Å². The summed E-state index contributed by atoms with van der Waals surface area (Å²) in [5.41, 5.74) is 1.47. The van der Waals surface area contributed by atoms with E-state index in [1.807, 2.05) is 0 Å². The molecular formula is C15H12BrFO3S. The zero-order valence-electron chi connectivity index (χ0n) is 11.1. The van der Waals surface area contributed by atoms with Crippen LogP contribution in [0.2, 0.25) is 0 Å². The lowest BCUT2D eigenvalue weighted by atomic mass is 10.1. The van der Waals surface area contributed by atoms with Gasteiger partial charge in [-0.15, -0.1) is 0 Å². The molecule has 0 heterocycles. The van der Waals surface area contributed by atoms with Gasteiger partial charge in [0.15, 0.2) is 0 Å². The molecule has 0 saturated heterocycles. The molecule has 1 atom stereocenters. The molecule has 1 unspecified atom stereocenters. The van der Waals surface area contributed by atoms with Crippen molar-refractivity contribution in [3.05, 3.63) is 63.4 Å². The Labute approximate surface area is 132 Å². The lowest BCUT2D eigenvalue weighted by Gasteiger charge is -2.07. The highest BCUT2D eigenvalue weighted by atomic mass is 79.9. The van der Waals surface area contributed by atoms with Crippen LogP contribution in [-0.4, -0.2) is 15.3 Å². The second kappa shape index (κ2) is 6.49. The van der Waals surface area contributed by atoms with Gasteiger partial charge in [-0.25, -0.2) is 9.18 Å². The van der Waals surface area contributed by atoms with Gasteiger partial charge in [0.1, 0.15) is 5.82 Å². The van der Waals surface area contributed by atoms with Gasteiger partial charge >= 0.3 is 5.97 Å². The minimum absolute atomic E-state index is 0.140. The first-order valence-corrected chi connectivity index (χ1v) is 8.16. The van der Waals surface area contributed by atoms with Gasteiger partial charge < -0.3 is 5.11 Å². The van der Waals surface area contributed by atoms with E-state index in [9.17, 15) is 13.4 Å². The zero-order valence-corrected chi connectivity index (χ0v) is 13.5. The molecule has 3 nitrogen and oxygen atoms in total. The summed E-state index contributed by atoms with van der Waals surface area (Å²) in [6.45, 7) is 1.69. The molecule has 2 aromatic rings. The number of hydrogen-bond acceptors (Lipinski definition) is 2. The number of carbonyl (C=O) groups is 1. The van der Waals surface area contributed by atoms with E-state index >= 15 is 0 Å². The summed E-state index contributed by atoms with van der Waals surface area (Å²) in [4.78, 5) is 11.5. The summed E-state index contributed by atoms with van der Waals surface area (Å²) >= 11 is 3.08. The van der Waals surface area contributed by atoms with Crippen LogP contribution < -0.4 is 0 Å². The number of carboxylic acids is 1. The lowest BCUT2D eigenvalue weighted by Crippen LogP contribution is -2.03. The monoisotopic (exact) mass is 370 g/mol. The van der Waals surface area contributed by atoms with Crippen molar-refractivity contribution in [2.45, 2.75) is 17.6 Å². The third-order valence-electron chi connectivity index (χ3n) is 2.98. The van der Waals surface area contributed by atoms with Crippen LogP contribution >= 0.6 is 15.9 Å². The Morgan fingerprint density at radius 2 is 2.00 bits per heavy atom. The predicted octanol–water partition coefficient (Wildman–Crippen LogP) is 3.90. The minimum Gasteiger partial charge on any atom is -0.478 e. The maximum Gasteiger partial charge on any atom is 0.335 e. The van der Waals surface area contributed by atoms with Gasteiger partial charge in [0.05, 0.1) is 26.6 Å². The Hall–Kier alpha value is -1.53. The summed E-state index contributed by atoms with van der Waals surface area (Å²) in [5.74, 6) is -1.23. The molecule has 2 rings (SSSR count). The maximum atomic E-state index is 13.2. The Kier molecular flexibility index (Phi) is 4.90. The van der Waals surface area contributed by atoms with E-state index in [0.29, 0.717) is 20.5 Å². The van der Waals surface area contributed by atoms with Crippen LogP contribution in [0.15, 0.2) is 45.8 Å². The van der Waals surface area contributed by atoms with E-state index in [-0.39, 0.29) is 17.1 Å². The third kappa shape index (κ3) is 3.77. The van der Waals surface area contributed by atoms with Crippen LogP contribution in [0.4, 0.5) is 4.39 Å². The molecule has 0 amide bonds. The minimum atomic E-state index is -1.39. The zero-order chi connectivity index (χ0) is 15.6. The maximum absolute atomic E-state index is 13.2. The molecule has 0 spiro atoms. The summed E-state index contributed by atoms with van der Waals surface area (Å²) in [5, 5.41) is 9.08. The molecule has 0 bridgehead atoms. The quantitative estimate of drug-likeness (QED) is 0.887. The van der Waals surface area contributed by atoms with Crippen molar-refractivity contribution < 1.29 is 18.5 Å². The van der Waals surface area contributed by atoms with Crippen molar-refractivity contribution in [1.82, 2.24) is 0 Å². The highest BCUT2D eigenvalue weighted by Crippen LogP contribution is 2.21. The SMILES string of the molecule is Cc1ccc(S(=O)Cc2ccc(F)c(Br)c2)cc1C(=O)O. The van der Waals surface area contributed by atoms with Gasteiger partial charge in [0, 0.05) is 4.90 Å². The standard InChI is InChI=1S/C15H12BrFO3S/c1-9-2-4-11(7-12(9)15(18)19)21(20)8-10-3-5-14(17)13(16)6-10/h2-7H,8H2,1H3,(H,18,19). The Bertz CT molecular complexity index is 731. The lowest BCUT2D eigenvalue weighted by molar-refractivity contribution is 0.0696. The average Bonchev–Trinajstić information content (AvgIpc) is 2.43. The highest BCUT2D eigenvalue weighted by Gasteiger charge is 2.12. The first-order valence-electron chi connectivity index (χ1n) is 6.04. The number of carboxylic acid groups (broad SMARTS) is 1. The van der Waals surface area contributed by atoms with E-state index in [4.69, 9.17) is 5.11 Å². The van der Waals surface area contributed by atoms with Gasteiger partial charge in [-0.1, -0.05) is 12.1 Å². The van der Waals surface area contributed by atoms with Gasteiger partial charge in [-0.3, -0.25) is 4.21 Å². The molecule has 0 aromatic heterocycles. The van der Waals surface area contributed by atoms with Gasteiger partial charge in [0.25, 0.3) is 0 Å². The second-order valence-corrected chi connectivity index (χ2v) is 6.83. The Morgan fingerprint density at radius 3 is 2.62 bits per heavy atom. The van der Waals surface area contributed by atoms with Gasteiger partial charge in [-0.2, -0.15) is 0 Å². The predicted molar refractivity (Wildman–Crippen MR) is 82.4 cm³/mol. The third-order valence-corrected chi connectivity index (χ3v) is 4.97. The van der Waals surface area contributed by atoms with Crippen LogP contribution in [0.25, 0.3) is 0 Å². The van der Waals surface area contributed by atoms with Crippen molar-refractivity contribution in [3.63, 3.8) is 0 Å². The summed E-state index contributed by atoms with van der Waals surface area (Å²) in [7, 11) is -1.39. The highest BCUT2D eigenvalue weighted by molar-refractivity contribution is 9.10. The second-order valence-electron chi connectivity index (χ2n) is 4.52. The summed E-state index contributed by atoms with van der Waals surface area (Å²) in [6.07, 6.45) is 0. The molecule has 0 aliphatic heterocycles. The first kappa shape index (κ1) is 15.9. The number of halogens is 2. The van der Waals surface area contributed by atoms with Gasteiger partial charge in [-0.05, 0) is 58.2 Å². The van der Waals surface area contributed by atoms with E-state index in [0.717, 1.165) is 0 Å². The number of aryl methyl sites for hydroxylation is 1. The van der Waals surface area contributed by atoms with Crippen LogP contribution in [0, 0.1) is 12.7 Å². The van der Waals surface area contributed by atoms with E-state index < -0.39 is 16.8 Å². The normalized spacial score (nSPS) is 12.1. The number of hydrogen-bond donors (Lipinski definition) is 1. The fraction of sp³-hybridized carbons (Fsp3) is 0.133. The molecular weight excluding hydrogens is 359 g/mol. The van der Waals surface area contributed by atoms with Crippen molar-refractivity contribution in [2.24, 2.45) is 0 Å². The van der Waals surface area contributed by atoms with Crippen molar-refractivity contribution in [2.75, 3.05) is 0 Å². The largest absolute Gasteiger partial charge is 0.478 e.